The van der Waals surface area contributed by atoms with Crippen molar-refractivity contribution < 1.29 is 14.6 Å². The fraction of sp³-hybridized carbons (Fsp3) is 0.450. The summed E-state index contributed by atoms with van der Waals surface area (Å²) in [6, 6.07) is 5.32. The van der Waals surface area contributed by atoms with Gasteiger partial charge in [-0.25, -0.2) is 9.78 Å². The number of nitrogens with zero attached hydrogens (tertiary/aromatic N) is 3. The number of aliphatic hydroxyl groups is 1. The maximum absolute atomic E-state index is 11.9. The molecule has 0 saturated carbocycles. The first-order chi connectivity index (χ1) is 12.7. The van der Waals surface area contributed by atoms with E-state index in [0.29, 0.717) is 24.2 Å². The molecular weight excluding hydrogens is 344 g/mol. The minimum atomic E-state index is -0.891. The smallest absolute Gasteiger partial charge is 0.337 e. The Morgan fingerprint density at radius 2 is 2.15 bits per heavy atom. The Bertz CT molecular complexity index is 988. The molecule has 0 fully saturated rings. The van der Waals surface area contributed by atoms with Crippen molar-refractivity contribution in [2.45, 2.75) is 45.3 Å². The summed E-state index contributed by atoms with van der Waals surface area (Å²) >= 11 is 0. The number of pyridine rings is 1. The van der Waals surface area contributed by atoms with Gasteiger partial charge in [0.15, 0.2) is 0 Å². The number of benzene rings is 1. The summed E-state index contributed by atoms with van der Waals surface area (Å²) in [5.74, 6) is -0.283. The molecule has 0 aliphatic rings. The number of rotatable bonds is 6. The SMILES string of the molecule is COC(=O)c1ccc2c(c1)nc(C(C)CCN)c1ncn(CC(C)(C)O)c12. The average molecular weight is 370 g/mol. The number of aromatic nitrogens is 3. The van der Waals surface area contributed by atoms with Crippen LogP contribution in [-0.2, 0) is 11.3 Å². The molecule has 7 heteroatoms. The van der Waals surface area contributed by atoms with Crippen molar-refractivity contribution in [1.29, 1.82) is 0 Å². The molecule has 3 N–H and O–H groups in total. The Labute approximate surface area is 158 Å². The highest BCUT2D eigenvalue weighted by atomic mass is 16.5. The van der Waals surface area contributed by atoms with Crippen LogP contribution in [0.25, 0.3) is 21.9 Å². The van der Waals surface area contributed by atoms with Crippen LogP contribution >= 0.6 is 0 Å². The van der Waals surface area contributed by atoms with Gasteiger partial charge in [-0.05, 0) is 45.0 Å². The van der Waals surface area contributed by atoms with Crippen molar-refractivity contribution in [3.05, 3.63) is 35.8 Å². The van der Waals surface area contributed by atoms with Crippen molar-refractivity contribution in [2.24, 2.45) is 5.73 Å². The van der Waals surface area contributed by atoms with Gasteiger partial charge in [0.1, 0.15) is 5.52 Å². The molecule has 0 bridgehead atoms. The zero-order valence-electron chi connectivity index (χ0n) is 16.2. The van der Waals surface area contributed by atoms with Gasteiger partial charge in [0.25, 0.3) is 0 Å². The first-order valence-corrected chi connectivity index (χ1v) is 9.04. The normalized spacial score (nSPS) is 13.3. The standard InChI is InChI=1S/C20H26N4O3/c1-12(7-8-21)16-17-18(24(11-22-17)10-20(2,3)26)14-6-5-13(19(25)27-4)9-15(14)23-16/h5-6,9,11-12,26H,7-8,10,21H2,1-4H3. The number of carbonyl (C=O) groups excluding carboxylic acids is 1. The van der Waals surface area contributed by atoms with Crippen LogP contribution in [-0.4, -0.2) is 44.9 Å². The lowest BCUT2D eigenvalue weighted by Gasteiger charge is -2.19. The molecule has 1 aromatic carbocycles. The highest BCUT2D eigenvalue weighted by Crippen LogP contribution is 2.32. The van der Waals surface area contributed by atoms with Crippen LogP contribution in [0.2, 0.25) is 0 Å². The Hall–Kier alpha value is -2.51. The van der Waals surface area contributed by atoms with E-state index in [-0.39, 0.29) is 5.92 Å². The molecule has 0 amide bonds. The molecule has 1 unspecified atom stereocenters. The summed E-state index contributed by atoms with van der Waals surface area (Å²) in [5, 5.41) is 11.2. The molecule has 0 aliphatic heterocycles. The second-order valence-corrected chi connectivity index (χ2v) is 7.58. The summed E-state index contributed by atoms with van der Waals surface area (Å²) in [6.07, 6.45) is 2.51. The van der Waals surface area contributed by atoms with Gasteiger partial charge in [-0.3, -0.25) is 4.98 Å². The lowest BCUT2D eigenvalue weighted by molar-refractivity contribution is 0.0599. The quantitative estimate of drug-likeness (QED) is 0.647. The van der Waals surface area contributed by atoms with E-state index >= 15 is 0 Å². The van der Waals surface area contributed by atoms with Crippen molar-refractivity contribution in [3.8, 4) is 0 Å². The van der Waals surface area contributed by atoms with Crippen LogP contribution < -0.4 is 5.73 Å². The second-order valence-electron chi connectivity index (χ2n) is 7.58. The molecule has 3 rings (SSSR count). The van der Waals surface area contributed by atoms with Gasteiger partial charge in [-0.15, -0.1) is 0 Å². The minimum Gasteiger partial charge on any atom is -0.465 e. The van der Waals surface area contributed by atoms with Gasteiger partial charge in [0, 0.05) is 11.3 Å². The molecular formula is C20H26N4O3. The second kappa shape index (κ2) is 7.25. The van der Waals surface area contributed by atoms with Gasteiger partial charge < -0.3 is 20.1 Å². The summed E-state index contributed by atoms with van der Waals surface area (Å²) < 4.78 is 6.77. The fourth-order valence-corrected chi connectivity index (χ4v) is 3.37. The third-order valence-electron chi connectivity index (χ3n) is 4.62. The van der Waals surface area contributed by atoms with Crippen molar-refractivity contribution in [2.75, 3.05) is 13.7 Å². The molecule has 1 atom stereocenters. The maximum Gasteiger partial charge on any atom is 0.337 e. The maximum atomic E-state index is 11.9. The average Bonchev–Trinajstić information content (AvgIpc) is 3.02. The predicted molar refractivity (Wildman–Crippen MR) is 105 cm³/mol. The highest BCUT2D eigenvalue weighted by molar-refractivity contribution is 6.05. The van der Waals surface area contributed by atoms with Gasteiger partial charge in [-0.2, -0.15) is 0 Å². The number of hydrogen-bond donors (Lipinski definition) is 2. The van der Waals surface area contributed by atoms with E-state index in [1.165, 1.54) is 7.11 Å². The third kappa shape index (κ3) is 3.79. The van der Waals surface area contributed by atoms with Crippen molar-refractivity contribution in [1.82, 2.24) is 14.5 Å². The largest absolute Gasteiger partial charge is 0.465 e. The fourth-order valence-electron chi connectivity index (χ4n) is 3.37. The summed E-state index contributed by atoms with van der Waals surface area (Å²) in [7, 11) is 1.36. The zero-order chi connectivity index (χ0) is 19.8. The number of esters is 1. The molecule has 0 radical (unpaired) electrons. The van der Waals surface area contributed by atoms with Crippen LogP contribution in [0.3, 0.4) is 0 Å². The van der Waals surface area contributed by atoms with Gasteiger partial charge in [0.2, 0.25) is 0 Å². The number of methoxy groups -OCH3 is 1. The summed E-state index contributed by atoms with van der Waals surface area (Å²) in [4.78, 5) is 21.3. The molecule has 2 heterocycles. The number of nitrogens with two attached hydrogens (primary N) is 1. The van der Waals surface area contributed by atoms with Crippen LogP contribution in [0.1, 0.15) is 49.2 Å². The lowest BCUT2D eigenvalue weighted by Crippen LogP contribution is -2.25. The number of fused-ring (bicyclic) bond motifs is 3. The van der Waals surface area contributed by atoms with Crippen molar-refractivity contribution in [3.63, 3.8) is 0 Å². The summed E-state index contributed by atoms with van der Waals surface area (Å²) in [6.45, 7) is 6.53. The Balaban J connectivity index is 2.31. The van der Waals surface area contributed by atoms with E-state index in [1.54, 1.807) is 32.3 Å². The predicted octanol–water partition coefficient (Wildman–Crippen LogP) is 2.59. The third-order valence-corrected chi connectivity index (χ3v) is 4.62. The molecule has 2 aromatic heterocycles. The van der Waals surface area contributed by atoms with Crippen molar-refractivity contribution >= 4 is 27.9 Å². The van der Waals surface area contributed by atoms with Crippen LogP contribution in [0.4, 0.5) is 0 Å². The Morgan fingerprint density at radius 1 is 1.41 bits per heavy atom. The first-order valence-electron chi connectivity index (χ1n) is 9.04. The van der Waals surface area contributed by atoms with E-state index in [9.17, 15) is 9.90 Å². The van der Waals surface area contributed by atoms with E-state index in [1.807, 2.05) is 10.6 Å². The molecule has 3 aromatic rings. The van der Waals surface area contributed by atoms with Gasteiger partial charge in [-0.1, -0.05) is 6.92 Å². The molecule has 7 nitrogen and oxygen atoms in total. The number of ether oxygens (including phenoxy) is 1. The molecule has 0 spiro atoms. The lowest BCUT2D eigenvalue weighted by atomic mass is 9.99. The molecule has 0 aliphatic carbocycles. The molecule has 144 valence electrons. The Morgan fingerprint density at radius 3 is 2.78 bits per heavy atom. The monoisotopic (exact) mass is 370 g/mol. The highest BCUT2D eigenvalue weighted by Gasteiger charge is 2.22. The van der Waals surface area contributed by atoms with Crippen LogP contribution in [0.15, 0.2) is 24.5 Å². The van der Waals surface area contributed by atoms with E-state index < -0.39 is 11.6 Å². The Kier molecular flexibility index (Phi) is 5.17. The summed E-state index contributed by atoms with van der Waals surface area (Å²) in [5.41, 5.74) is 8.55. The van der Waals surface area contributed by atoms with E-state index in [0.717, 1.165) is 28.5 Å². The van der Waals surface area contributed by atoms with Gasteiger partial charge in [0.05, 0.1) is 47.9 Å². The number of carbonyl (C=O) groups is 1. The minimum absolute atomic E-state index is 0.120. The first kappa shape index (κ1) is 19.3. The molecule has 0 saturated heterocycles. The van der Waals surface area contributed by atoms with Gasteiger partial charge >= 0.3 is 5.97 Å². The van der Waals surface area contributed by atoms with E-state index in [2.05, 4.69) is 11.9 Å². The van der Waals surface area contributed by atoms with Crippen LogP contribution in [0, 0.1) is 0 Å². The van der Waals surface area contributed by atoms with E-state index in [4.69, 9.17) is 15.5 Å². The zero-order valence-corrected chi connectivity index (χ0v) is 16.2. The topological polar surface area (TPSA) is 103 Å². The van der Waals surface area contributed by atoms with Crippen LogP contribution in [0.5, 0.6) is 0 Å². The number of imidazole rings is 1. The number of hydrogen-bond acceptors (Lipinski definition) is 6. The molecule has 27 heavy (non-hydrogen) atoms.